The van der Waals surface area contributed by atoms with Gasteiger partial charge in [0.15, 0.2) is 0 Å². The fourth-order valence-electron chi connectivity index (χ4n) is 3.22. The number of hydrogen-bond donors (Lipinski definition) is 0. The number of carbonyl (C=O) groups is 1. The Labute approximate surface area is 103 Å². The zero-order valence-electron chi connectivity index (χ0n) is 10.4. The van der Waals surface area contributed by atoms with Crippen LogP contribution < -0.4 is 0 Å². The maximum Gasteiger partial charge on any atom is 0.136 e. The largest absolute Gasteiger partial charge is 0.300 e. The molecule has 0 amide bonds. The smallest absolute Gasteiger partial charge is 0.136 e. The van der Waals surface area contributed by atoms with E-state index in [0.717, 1.165) is 19.4 Å². The van der Waals surface area contributed by atoms with E-state index in [1.165, 1.54) is 24.0 Å². The van der Waals surface area contributed by atoms with E-state index in [-0.39, 0.29) is 0 Å². The van der Waals surface area contributed by atoms with Crippen LogP contribution in [0.4, 0.5) is 0 Å². The molecule has 90 valence electrons. The first-order chi connectivity index (χ1) is 8.22. The van der Waals surface area contributed by atoms with Crippen molar-refractivity contribution in [2.45, 2.75) is 51.2 Å². The average Bonchev–Trinajstić information content (AvgIpc) is 2.56. The van der Waals surface area contributed by atoms with Crippen LogP contribution in [0.5, 0.6) is 0 Å². The zero-order valence-corrected chi connectivity index (χ0v) is 10.4. The number of fused-ring (bicyclic) bond motifs is 2. The van der Waals surface area contributed by atoms with Gasteiger partial charge in [-0.05, 0) is 25.3 Å². The van der Waals surface area contributed by atoms with Crippen molar-refractivity contribution < 1.29 is 4.79 Å². The highest BCUT2D eigenvalue weighted by Gasteiger charge is 2.39. The maximum absolute atomic E-state index is 11.5. The van der Waals surface area contributed by atoms with Crippen molar-refractivity contribution in [3.8, 4) is 0 Å². The lowest BCUT2D eigenvalue weighted by molar-refractivity contribution is -0.123. The molecule has 2 heteroatoms. The normalized spacial score (nSPS) is 28.6. The quantitative estimate of drug-likeness (QED) is 0.777. The summed E-state index contributed by atoms with van der Waals surface area (Å²) in [5.41, 5.74) is 2.69. The predicted octanol–water partition coefficient (Wildman–Crippen LogP) is 2.69. The van der Waals surface area contributed by atoms with Crippen LogP contribution in [-0.4, -0.2) is 22.8 Å². The number of carbonyl (C=O) groups excluding carboxylic acids is 1. The first-order valence-corrected chi connectivity index (χ1v) is 6.55. The van der Waals surface area contributed by atoms with E-state index in [4.69, 9.17) is 0 Å². The highest BCUT2D eigenvalue weighted by molar-refractivity contribution is 5.80. The van der Waals surface area contributed by atoms with Crippen LogP contribution in [0.3, 0.4) is 0 Å². The number of piperidine rings is 1. The van der Waals surface area contributed by atoms with Crippen molar-refractivity contribution in [3.63, 3.8) is 0 Å². The fourth-order valence-corrected chi connectivity index (χ4v) is 3.22. The van der Waals surface area contributed by atoms with E-state index in [9.17, 15) is 4.79 Å². The SMILES string of the molecule is Cc1ccc(CN2C3CCC2CC(=O)C3)cc1. The summed E-state index contributed by atoms with van der Waals surface area (Å²) in [6.07, 6.45) is 3.98. The van der Waals surface area contributed by atoms with Gasteiger partial charge in [-0.1, -0.05) is 29.8 Å². The van der Waals surface area contributed by atoms with Crippen molar-refractivity contribution >= 4 is 5.78 Å². The van der Waals surface area contributed by atoms with Crippen molar-refractivity contribution in [2.24, 2.45) is 0 Å². The van der Waals surface area contributed by atoms with Crippen molar-refractivity contribution in [2.75, 3.05) is 0 Å². The second kappa shape index (κ2) is 4.26. The minimum Gasteiger partial charge on any atom is -0.300 e. The van der Waals surface area contributed by atoms with Gasteiger partial charge in [-0.3, -0.25) is 9.69 Å². The lowest BCUT2D eigenvalue weighted by atomic mass is 10.0. The molecule has 2 atom stereocenters. The Morgan fingerprint density at radius 1 is 1.12 bits per heavy atom. The van der Waals surface area contributed by atoms with E-state index in [1.54, 1.807) is 0 Å². The van der Waals surface area contributed by atoms with Gasteiger partial charge in [0.1, 0.15) is 5.78 Å². The summed E-state index contributed by atoms with van der Waals surface area (Å²) in [5.74, 6) is 0.470. The first-order valence-electron chi connectivity index (χ1n) is 6.55. The van der Waals surface area contributed by atoms with Crippen LogP contribution in [0.25, 0.3) is 0 Å². The number of hydrogen-bond acceptors (Lipinski definition) is 2. The van der Waals surface area contributed by atoms with Gasteiger partial charge < -0.3 is 0 Å². The lowest BCUT2D eigenvalue weighted by Crippen LogP contribution is -2.42. The third-order valence-corrected chi connectivity index (χ3v) is 4.18. The molecule has 2 nitrogen and oxygen atoms in total. The van der Waals surface area contributed by atoms with Crippen LogP contribution in [0, 0.1) is 6.92 Å². The zero-order chi connectivity index (χ0) is 11.8. The highest BCUT2D eigenvalue weighted by Crippen LogP contribution is 2.34. The summed E-state index contributed by atoms with van der Waals surface area (Å²) < 4.78 is 0. The Balaban J connectivity index is 1.74. The van der Waals surface area contributed by atoms with Crippen molar-refractivity contribution in [1.82, 2.24) is 4.90 Å². The highest BCUT2D eigenvalue weighted by atomic mass is 16.1. The summed E-state index contributed by atoms with van der Waals surface area (Å²) in [6, 6.07) is 9.81. The Morgan fingerprint density at radius 2 is 1.71 bits per heavy atom. The van der Waals surface area contributed by atoms with Gasteiger partial charge in [-0.2, -0.15) is 0 Å². The molecular weight excluding hydrogens is 210 g/mol. The predicted molar refractivity (Wildman–Crippen MR) is 67.8 cm³/mol. The molecule has 1 aromatic carbocycles. The fraction of sp³-hybridized carbons (Fsp3) is 0.533. The van der Waals surface area contributed by atoms with Crippen LogP contribution in [0.2, 0.25) is 0 Å². The van der Waals surface area contributed by atoms with Crippen LogP contribution in [0.1, 0.15) is 36.8 Å². The molecule has 2 aliphatic heterocycles. The number of ketones is 1. The van der Waals surface area contributed by atoms with E-state index in [2.05, 4.69) is 36.1 Å². The molecule has 2 unspecified atom stereocenters. The molecule has 0 aliphatic carbocycles. The van der Waals surface area contributed by atoms with E-state index < -0.39 is 0 Å². The monoisotopic (exact) mass is 229 g/mol. The van der Waals surface area contributed by atoms with Gasteiger partial charge >= 0.3 is 0 Å². The summed E-state index contributed by atoms with van der Waals surface area (Å²) in [5, 5.41) is 0. The Hall–Kier alpha value is -1.15. The minimum atomic E-state index is 0.470. The second-order valence-corrected chi connectivity index (χ2v) is 5.49. The molecule has 2 fully saturated rings. The molecule has 1 aromatic rings. The van der Waals surface area contributed by atoms with Crippen LogP contribution >= 0.6 is 0 Å². The van der Waals surface area contributed by atoms with Gasteiger partial charge in [0.2, 0.25) is 0 Å². The number of rotatable bonds is 2. The third kappa shape index (κ3) is 2.14. The molecule has 0 saturated carbocycles. The Kier molecular flexibility index (Phi) is 2.75. The first kappa shape index (κ1) is 11.0. The Bertz CT molecular complexity index is 407. The summed E-state index contributed by atoms with van der Waals surface area (Å²) in [6.45, 7) is 3.13. The molecule has 17 heavy (non-hydrogen) atoms. The van der Waals surface area contributed by atoms with Crippen LogP contribution in [0.15, 0.2) is 24.3 Å². The molecular formula is C15H19NO. The number of aryl methyl sites for hydroxylation is 1. The third-order valence-electron chi connectivity index (χ3n) is 4.18. The topological polar surface area (TPSA) is 20.3 Å². The van der Waals surface area contributed by atoms with Crippen LogP contribution in [-0.2, 0) is 11.3 Å². The van der Waals surface area contributed by atoms with Gasteiger partial charge in [0.25, 0.3) is 0 Å². The van der Waals surface area contributed by atoms with Gasteiger partial charge in [0.05, 0.1) is 0 Å². The molecule has 2 bridgehead atoms. The molecule has 0 aromatic heterocycles. The number of benzene rings is 1. The number of nitrogens with zero attached hydrogens (tertiary/aromatic N) is 1. The molecule has 2 heterocycles. The summed E-state index contributed by atoms with van der Waals surface area (Å²) in [4.78, 5) is 14.1. The molecule has 3 rings (SSSR count). The number of Topliss-reactive ketones (excluding diaryl/α,β-unsaturated/α-hetero) is 1. The molecule has 2 aliphatic rings. The average molecular weight is 229 g/mol. The van der Waals surface area contributed by atoms with E-state index >= 15 is 0 Å². The van der Waals surface area contributed by atoms with Gasteiger partial charge in [0, 0.05) is 31.5 Å². The second-order valence-electron chi connectivity index (χ2n) is 5.49. The summed E-state index contributed by atoms with van der Waals surface area (Å²) >= 11 is 0. The van der Waals surface area contributed by atoms with Crippen molar-refractivity contribution in [3.05, 3.63) is 35.4 Å². The molecule has 0 N–H and O–H groups in total. The van der Waals surface area contributed by atoms with E-state index in [0.29, 0.717) is 17.9 Å². The summed E-state index contributed by atoms with van der Waals surface area (Å²) in [7, 11) is 0. The van der Waals surface area contributed by atoms with Gasteiger partial charge in [-0.15, -0.1) is 0 Å². The molecule has 0 spiro atoms. The standard InChI is InChI=1S/C15H19NO/c1-11-2-4-12(5-3-11)10-16-13-6-7-14(16)9-15(17)8-13/h2-5,13-14H,6-10H2,1H3. The van der Waals surface area contributed by atoms with E-state index in [1.807, 2.05) is 0 Å². The molecule has 2 saturated heterocycles. The Morgan fingerprint density at radius 3 is 2.29 bits per heavy atom. The van der Waals surface area contributed by atoms with Crippen molar-refractivity contribution in [1.29, 1.82) is 0 Å². The maximum atomic E-state index is 11.5. The molecule has 0 radical (unpaired) electrons. The minimum absolute atomic E-state index is 0.470. The lowest BCUT2D eigenvalue weighted by Gasteiger charge is -2.33. The van der Waals surface area contributed by atoms with Gasteiger partial charge in [-0.25, -0.2) is 0 Å².